The van der Waals surface area contributed by atoms with Gasteiger partial charge in [-0.2, -0.15) is 0 Å². The van der Waals surface area contributed by atoms with Crippen molar-refractivity contribution < 1.29 is 4.79 Å². The summed E-state index contributed by atoms with van der Waals surface area (Å²) in [5.41, 5.74) is 1.40. The second-order valence-corrected chi connectivity index (χ2v) is 8.22. The number of likely N-dealkylation sites (tertiary alicyclic amines) is 1. The highest BCUT2D eigenvalue weighted by Crippen LogP contribution is 2.34. The number of carbonyl (C=O) groups is 1. The summed E-state index contributed by atoms with van der Waals surface area (Å²) in [5.74, 6) is 0.922. The molecule has 1 unspecified atom stereocenters. The Bertz CT molecular complexity index is 721. The Hall–Kier alpha value is -1.82. The summed E-state index contributed by atoms with van der Waals surface area (Å²) in [4.78, 5) is 28.4. The van der Waals surface area contributed by atoms with Crippen LogP contribution in [0.1, 0.15) is 57.6 Å². The summed E-state index contributed by atoms with van der Waals surface area (Å²) in [6, 6.07) is 2.04. The third-order valence-corrected chi connectivity index (χ3v) is 5.05. The summed E-state index contributed by atoms with van der Waals surface area (Å²) in [5, 5.41) is 2.84. The van der Waals surface area contributed by atoms with Crippen molar-refractivity contribution in [3.63, 3.8) is 0 Å². The van der Waals surface area contributed by atoms with Crippen LogP contribution in [0.2, 0.25) is 0 Å². The Morgan fingerprint density at radius 1 is 1.29 bits per heavy atom. The fourth-order valence-electron chi connectivity index (χ4n) is 3.13. The van der Waals surface area contributed by atoms with Crippen molar-refractivity contribution in [3.8, 4) is 10.7 Å². The van der Waals surface area contributed by atoms with E-state index in [9.17, 15) is 4.79 Å². The molecule has 1 atom stereocenters. The first kappa shape index (κ1) is 17.0. The Morgan fingerprint density at radius 3 is 2.75 bits per heavy atom. The van der Waals surface area contributed by atoms with Crippen LogP contribution in [-0.2, 0) is 4.79 Å². The van der Waals surface area contributed by atoms with Crippen molar-refractivity contribution in [3.05, 3.63) is 29.2 Å². The van der Waals surface area contributed by atoms with Crippen molar-refractivity contribution in [2.45, 2.75) is 53.0 Å². The number of rotatable bonds is 2. The number of carbonyl (C=O) groups excluding carboxylic acids is 1. The molecule has 24 heavy (non-hydrogen) atoms. The highest BCUT2D eigenvalue weighted by atomic mass is 32.1. The van der Waals surface area contributed by atoms with Crippen LogP contribution in [-0.4, -0.2) is 32.3 Å². The molecule has 6 heteroatoms. The van der Waals surface area contributed by atoms with E-state index in [0.717, 1.165) is 48.0 Å². The zero-order valence-electron chi connectivity index (χ0n) is 14.7. The topological polar surface area (TPSA) is 59.0 Å². The Morgan fingerprint density at radius 2 is 2.08 bits per heavy atom. The number of hydrogen-bond donors (Lipinski definition) is 0. The molecule has 1 fully saturated rings. The predicted molar refractivity (Wildman–Crippen MR) is 95.6 cm³/mol. The molecule has 0 aliphatic carbocycles. The van der Waals surface area contributed by atoms with Gasteiger partial charge in [-0.3, -0.25) is 4.79 Å². The molecule has 1 amide bonds. The van der Waals surface area contributed by atoms with Gasteiger partial charge >= 0.3 is 0 Å². The molecule has 3 rings (SSSR count). The Kier molecular flexibility index (Phi) is 4.67. The van der Waals surface area contributed by atoms with Gasteiger partial charge in [0.15, 0.2) is 0 Å². The van der Waals surface area contributed by atoms with E-state index in [2.05, 4.69) is 15.0 Å². The Labute approximate surface area is 147 Å². The van der Waals surface area contributed by atoms with Gasteiger partial charge in [-0.05, 0) is 32.3 Å². The normalized spacial score (nSPS) is 18.7. The van der Waals surface area contributed by atoms with Gasteiger partial charge < -0.3 is 4.90 Å². The maximum absolute atomic E-state index is 12.9. The monoisotopic (exact) mass is 344 g/mol. The average Bonchev–Trinajstić information content (AvgIpc) is 3.07. The summed E-state index contributed by atoms with van der Waals surface area (Å²) < 4.78 is 0. The highest BCUT2D eigenvalue weighted by Gasteiger charge is 2.35. The third-order valence-electron chi connectivity index (χ3n) is 4.26. The number of nitrogens with zero attached hydrogens (tertiary/aromatic N) is 4. The molecule has 2 aromatic rings. The van der Waals surface area contributed by atoms with Gasteiger partial charge in [-0.15, -0.1) is 11.3 Å². The van der Waals surface area contributed by atoms with Crippen LogP contribution in [0.5, 0.6) is 0 Å². The van der Waals surface area contributed by atoms with Crippen molar-refractivity contribution in [2.75, 3.05) is 6.54 Å². The average molecular weight is 344 g/mol. The lowest BCUT2D eigenvalue weighted by Crippen LogP contribution is -2.44. The van der Waals surface area contributed by atoms with Gasteiger partial charge in [0.2, 0.25) is 5.91 Å². The number of hydrogen-bond acceptors (Lipinski definition) is 5. The molecule has 1 aliphatic rings. The molecular weight excluding hydrogens is 320 g/mol. The number of aryl methyl sites for hydroxylation is 1. The van der Waals surface area contributed by atoms with E-state index in [4.69, 9.17) is 0 Å². The van der Waals surface area contributed by atoms with Crippen LogP contribution in [0.3, 0.4) is 0 Å². The fraction of sp³-hybridized carbons (Fsp3) is 0.556. The minimum atomic E-state index is -0.379. The zero-order chi connectivity index (χ0) is 17.3. The summed E-state index contributed by atoms with van der Waals surface area (Å²) in [7, 11) is 0. The number of amides is 1. The summed E-state index contributed by atoms with van der Waals surface area (Å²) in [6.07, 6.45) is 4.92. The lowest BCUT2D eigenvalue weighted by atomic mass is 9.90. The lowest BCUT2D eigenvalue weighted by Gasteiger charge is -2.39. The quantitative estimate of drug-likeness (QED) is 0.826. The van der Waals surface area contributed by atoms with Crippen molar-refractivity contribution in [1.29, 1.82) is 0 Å². The minimum Gasteiger partial charge on any atom is -0.334 e. The molecule has 1 aliphatic heterocycles. The summed E-state index contributed by atoms with van der Waals surface area (Å²) >= 11 is 1.57. The van der Waals surface area contributed by atoms with E-state index in [-0.39, 0.29) is 17.4 Å². The van der Waals surface area contributed by atoms with Gasteiger partial charge in [0.1, 0.15) is 16.5 Å². The first-order valence-corrected chi connectivity index (χ1v) is 9.31. The van der Waals surface area contributed by atoms with Gasteiger partial charge in [0.25, 0.3) is 0 Å². The summed E-state index contributed by atoms with van der Waals surface area (Å²) in [6.45, 7) is 8.64. The number of aromatic nitrogens is 3. The molecule has 5 nitrogen and oxygen atoms in total. The molecule has 0 spiro atoms. The van der Waals surface area contributed by atoms with E-state index in [1.54, 1.807) is 17.5 Å². The molecule has 1 saturated heterocycles. The molecule has 0 radical (unpaired) electrons. The fourth-order valence-corrected chi connectivity index (χ4v) is 3.73. The molecule has 3 heterocycles. The van der Waals surface area contributed by atoms with Crippen LogP contribution in [0, 0.1) is 12.3 Å². The standard InChI is InChI=1S/C18H24N4OS/c1-12-20-13(11-14(21-12)16-19-8-10-24-16)15-7-5-6-9-22(15)17(23)18(2,3)4/h8,10-11,15H,5-7,9H2,1-4H3. The first-order chi connectivity index (χ1) is 11.4. The van der Waals surface area contributed by atoms with Crippen molar-refractivity contribution >= 4 is 17.2 Å². The van der Waals surface area contributed by atoms with Gasteiger partial charge in [-0.1, -0.05) is 20.8 Å². The van der Waals surface area contributed by atoms with Gasteiger partial charge in [0, 0.05) is 23.5 Å². The van der Waals surface area contributed by atoms with Crippen LogP contribution in [0.15, 0.2) is 17.6 Å². The highest BCUT2D eigenvalue weighted by molar-refractivity contribution is 7.13. The molecular formula is C18H24N4OS. The van der Waals surface area contributed by atoms with Gasteiger partial charge in [-0.25, -0.2) is 15.0 Å². The lowest BCUT2D eigenvalue weighted by molar-refractivity contribution is -0.143. The van der Waals surface area contributed by atoms with Crippen molar-refractivity contribution in [1.82, 2.24) is 19.9 Å². The molecule has 2 aromatic heterocycles. The van der Waals surface area contributed by atoms with E-state index in [1.165, 1.54) is 0 Å². The second kappa shape index (κ2) is 6.59. The van der Waals surface area contributed by atoms with Crippen LogP contribution in [0.4, 0.5) is 0 Å². The minimum absolute atomic E-state index is 0.0332. The number of thiazole rings is 1. The van der Waals surface area contributed by atoms with E-state index < -0.39 is 0 Å². The second-order valence-electron chi connectivity index (χ2n) is 7.32. The van der Waals surface area contributed by atoms with Crippen molar-refractivity contribution in [2.24, 2.45) is 5.41 Å². The molecule has 0 saturated carbocycles. The van der Waals surface area contributed by atoms with E-state index in [1.807, 2.05) is 44.0 Å². The van der Waals surface area contributed by atoms with E-state index in [0.29, 0.717) is 0 Å². The molecule has 0 N–H and O–H groups in total. The smallest absolute Gasteiger partial charge is 0.228 e. The van der Waals surface area contributed by atoms with Gasteiger partial charge in [0.05, 0.1) is 11.7 Å². The zero-order valence-corrected chi connectivity index (χ0v) is 15.6. The van der Waals surface area contributed by atoms with Crippen LogP contribution >= 0.6 is 11.3 Å². The molecule has 128 valence electrons. The maximum Gasteiger partial charge on any atom is 0.228 e. The number of piperidine rings is 1. The predicted octanol–water partition coefficient (Wildman–Crippen LogP) is 4.01. The first-order valence-electron chi connectivity index (χ1n) is 8.43. The largest absolute Gasteiger partial charge is 0.334 e. The van der Waals surface area contributed by atoms with Crippen LogP contribution in [0.25, 0.3) is 10.7 Å². The Balaban J connectivity index is 1.98. The van der Waals surface area contributed by atoms with Crippen LogP contribution < -0.4 is 0 Å². The van der Waals surface area contributed by atoms with E-state index >= 15 is 0 Å². The SMILES string of the molecule is Cc1nc(-c2nccs2)cc(C2CCCCN2C(=O)C(C)(C)C)n1. The third kappa shape index (κ3) is 3.48. The maximum atomic E-state index is 12.9. The molecule has 0 aromatic carbocycles. The molecule has 0 bridgehead atoms.